The van der Waals surface area contributed by atoms with Gasteiger partial charge in [-0.2, -0.15) is 0 Å². The van der Waals surface area contributed by atoms with Gasteiger partial charge in [-0.05, 0) is 57.5 Å². The van der Waals surface area contributed by atoms with Crippen molar-refractivity contribution < 1.29 is 9.59 Å². The average Bonchev–Trinajstić information content (AvgIpc) is 3.28. The van der Waals surface area contributed by atoms with Crippen LogP contribution in [0.25, 0.3) is 0 Å². The molecule has 0 unspecified atom stereocenters. The van der Waals surface area contributed by atoms with Gasteiger partial charge in [0.2, 0.25) is 5.91 Å². The zero-order chi connectivity index (χ0) is 20.9. The number of nitrogens with zero attached hydrogens (tertiary/aromatic N) is 2. The predicted octanol–water partition coefficient (Wildman–Crippen LogP) is 3.48. The highest BCUT2D eigenvalue weighted by molar-refractivity contribution is 6.04. The largest absolute Gasteiger partial charge is 0.330 e. The summed E-state index contributed by atoms with van der Waals surface area (Å²) in [5.74, 6) is -0.0111. The maximum atomic E-state index is 13.0. The van der Waals surface area contributed by atoms with Gasteiger partial charge >= 0.3 is 6.03 Å². The highest BCUT2D eigenvalue weighted by atomic mass is 16.2. The second-order valence-corrected chi connectivity index (χ2v) is 9.12. The molecule has 30 heavy (non-hydrogen) atoms. The van der Waals surface area contributed by atoms with E-state index in [-0.39, 0.29) is 23.0 Å². The smallest absolute Gasteiger partial charge is 0.322 e. The molecule has 156 valence electrons. The molecule has 1 saturated carbocycles. The van der Waals surface area contributed by atoms with Crippen molar-refractivity contribution in [1.29, 1.82) is 0 Å². The number of nitrogens with one attached hydrogen (secondary N) is 2. The van der Waals surface area contributed by atoms with Crippen LogP contribution in [0, 0.1) is 0 Å². The minimum Gasteiger partial charge on any atom is -0.330 e. The molecular formula is C24H28N4O2. The first kappa shape index (κ1) is 19.1. The number of urea groups is 1. The highest BCUT2D eigenvalue weighted by Gasteiger charge is 2.50. The minimum atomic E-state index is -0.218. The Hall–Kier alpha value is -2.86. The first-order chi connectivity index (χ1) is 14.4. The summed E-state index contributed by atoms with van der Waals surface area (Å²) in [5, 5.41) is 6.20. The molecule has 2 fully saturated rings. The quantitative estimate of drug-likeness (QED) is 0.823. The van der Waals surface area contributed by atoms with Crippen LogP contribution in [-0.4, -0.2) is 43.0 Å². The van der Waals surface area contributed by atoms with E-state index in [1.807, 2.05) is 23.1 Å². The summed E-state index contributed by atoms with van der Waals surface area (Å²) >= 11 is 0. The van der Waals surface area contributed by atoms with E-state index in [0.29, 0.717) is 13.0 Å². The molecule has 5 rings (SSSR count). The summed E-state index contributed by atoms with van der Waals surface area (Å²) in [7, 11) is 4.31. The molecule has 1 aliphatic carbocycles. The fourth-order valence-electron chi connectivity index (χ4n) is 5.56. The molecule has 1 spiro atoms. The van der Waals surface area contributed by atoms with Gasteiger partial charge in [0.15, 0.2) is 0 Å². The van der Waals surface area contributed by atoms with Gasteiger partial charge in [-0.15, -0.1) is 0 Å². The second-order valence-electron chi connectivity index (χ2n) is 9.12. The lowest BCUT2D eigenvalue weighted by atomic mass is 9.69. The van der Waals surface area contributed by atoms with Crippen LogP contribution in [0.4, 0.5) is 16.2 Å². The maximum Gasteiger partial charge on any atom is 0.322 e. The average molecular weight is 405 g/mol. The van der Waals surface area contributed by atoms with Gasteiger partial charge in [-0.25, -0.2) is 4.79 Å². The third kappa shape index (κ3) is 2.89. The molecule has 2 N–H and O–H groups in total. The summed E-state index contributed by atoms with van der Waals surface area (Å²) in [5.41, 5.74) is 3.73. The molecular weight excluding hydrogens is 376 g/mol. The third-order valence-electron chi connectivity index (χ3n) is 7.33. The van der Waals surface area contributed by atoms with Crippen LogP contribution in [0.2, 0.25) is 0 Å². The number of benzene rings is 2. The molecule has 3 aliphatic rings. The summed E-state index contributed by atoms with van der Waals surface area (Å²) in [4.78, 5) is 29.0. The SMILES string of the molecule is CN(C)[C@]1(c2ccccc2)CC[C@@]2(CC1)CN(c1cccc3c1CC(=O)N3)C(=O)N2. The topological polar surface area (TPSA) is 64.7 Å². The predicted molar refractivity (Wildman–Crippen MR) is 118 cm³/mol. The Morgan fingerprint density at radius 3 is 2.37 bits per heavy atom. The van der Waals surface area contributed by atoms with Gasteiger partial charge in [0.1, 0.15) is 0 Å². The van der Waals surface area contributed by atoms with Crippen molar-refractivity contribution in [2.45, 2.75) is 43.2 Å². The molecule has 3 amide bonds. The van der Waals surface area contributed by atoms with Crippen molar-refractivity contribution in [3.8, 4) is 0 Å². The molecule has 2 aromatic carbocycles. The Morgan fingerprint density at radius 2 is 1.67 bits per heavy atom. The Kier molecular flexibility index (Phi) is 4.36. The van der Waals surface area contributed by atoms with Crippen LogP contribution in [0.15, 0.2) is 48.5 Å². The van der Waals surface area contributed by atoms with E-state index in [2.05, 4.69) is 60.0 Å². The van der Waals surface area contributed by atoms with E-state index in [1.165, 1.54) is 5.56 Å². The standard InChI is InChI=1S/C24H28N4O2/c1-27(2)24(17-7-4-3-5-8-17)13-11-23(12-14-24)16-28(22(30)26-23)20-10-6-9-19-18(20)15-21(29)25-19/h3-10H,11-16H2,1-2H3,(H,25,29)(H,26,30)/t23-,24-. The van der Waals surface area contributed by atoms with Crippen molar-refractivity contribution in [2.24, 2.45) is 0 Å². The molecule has 6 nitrogen and oxygen atoms in total. The number of rotatable bonds is 3. The Labute approximate surface area is 177 Å². The normalized spacial score (nSPS) is 28.0. The molecule has 2 aliphatic heterocycles. The first-order valence-corrected chi connectivity index (χ1v) is 10.7. The molecule has 0 atom stereocenters. The molecule has 1 saturated heterocycles. The number of fused-ring (bicyclic) bond motifs is 1. The van der Waals surface area contributed by atoms with E-state index in [0.717, 1.165) is 42.6 Å². The number of anilines is 2. The van der Waals surface area contributed by atoms with E-state index in [4.69, 9.17) is 0 Å². The molecule has 0 bridgehead atoms. The molecule has 0 radical (unpaired) electrons. The molecule has 0 aromatic heterocycles. The summed E-state index contributed by atoms with van der Waals surface area (Å²) < 4.78 is 0. The van der Waals surface area contributed by atoms with Gasteiger partial charge in [0, 0.05) is 16.8 Å². The van der Waals surface area contributed by atoms with Gasteiger partial charge in [0.25, 0.3) is 0 Å². The number of hydrogen-bond donors (Lipinski definition) is 2. The summed E-state index contributed by atoms with van der Waals surface area (Å²) in [6, 6.07) is 16.4. The van der Waals surface area contributed by atoms with Gasteiger partial charge in [-0.3, -0.25) is 14.6 Å². The van der Waals surface area contributed by atoms with Crippen molar-refractivity contribution >= 4 is 23.3 Å². The van der Waals surface area contributed by atoms with Crippen LogP contribution in [0.3, 0.4) is 0 Å². The fraction of sp³-hybridized carbons (Fsp3) is 0.417. The second kappa shape index (κ2) is 6.84. The summed E-state index contributed by atoms with van der Waals surface area (Å²) in [6.45, 7) is 0.648. The monoisotopic (exact) mass is 404 g/mol. The van der Waals surface area contributed by atoms with E-state index >= 15 is 0 Å². The van der Waals surface area contributed by atoms with Crippen molar-refractivity contribution in [2.75, 3.05) is 30.9 Å². The molecule has 6 heteroatoms. The Morgan fingerprint density at radius 1 is 0.933 bits per heavy atom. The fourth-order valence-corrected chi connectivity index (χ4v) is 5.56. The Bertz CT molecular complexity index is 994. The lowest BCUT2D eigenvalue weighted by molar-refractivity contribution is -0.115. The lowest BCUT2D eigenvalue weighted by Crippen LogP contribution is -2.54. The zero-order valence-electron chi connectivity index (χ0n) is 17.6. The van der Waals surface area contributed by atoms with E-state index < -0.39 is 0 Å². The van der Waals surface area contributed by atoms with Crippen molar-refractivity contribution in [3.63, 3.8) is 0 Å². The molecule has 2 aromatic rings. The van der Waals surface area contributed by atoms with E-state index in [1.54, 1.807) is 0 Å². The van der Waals surface area contributed by atoms with Crippen LogP contribution >= 0.6 is 0 Å². The number of hydrogen-bond acceptors (Lipinski definition) is 3. The lowest BCUT2D eigenvalue weighted by Gasteiger charge is -2.48. The van der Waals surface area contributed by atoms with Gasteiger partial charge < -0.3 is 10.6 Å². The summed E-state index contributed by atoms with van der Waals surface area (Å²) in [6.07, 6.45) is 4.17. The van der Waals surface area contributed by atoms with Crippen molar-refractivity contribution in [1.82, 2.24) is 10.2 Å². The number of carbonyl (C=O) groups excluding carboxylic acids is 2. The van der Waals surface area contributed by atoms with Crippen LogP contribution in [0.1, 0.15) is 36.8 Å². The van der Waals surface area contributed by atoms with Crippen LogP contribution in [0.5, 0.6) is 0 Å². The highest BCUT2D eigenvalue weighted by Crippen LogP contribution is 2.47. The van der Waals surface area contributed by atoms with E-state index in [9.17, 15) is 9.59 Å². The van der Waals surface area contributed by atoms with Gasteiger partial charge in [-0.1, -0.05) is 36.4 Å². The number of carbonyl (C=O) groups is 2. The van der Waals surface area contributed by atoms with Crippen LogP contribution < -0.4 is 15.5 Å². The Balaban J connectivity index is 1.40. The van der Waals surface area contributed by atoms with Crippen molar-refractivity contribution in [3.05, 3.63) is 59.7 Å². The first-order valence-electron chi connectivity index (χ1n) is 10.7. The number of amides is 3. The maximum absolute atomic E-state index is 13.0. The third-order valence-corrected chi connectivity index (χ3v) is 7.33. The van der Waals surface area contributed by atoms with Gasteiger partial charge in [0.05, 0.1) is 24.2 Å². The molecule has 2 heterocycles. The minimum absolute atomic E-state index is 0.00497. The van der Waals surface area contributed by atoms with Crippen LogP contribution in [-0.2, 0) is 16.8 Å². The zero-order valence-corrected chi connectivity index (χ0v) is 17.6.